The van der Waals surface area contributed by atoms with Gasteiger partial charge in [-0.15, -0.1) is 0 Å². The van der Waals surface area contributed by atoms with Crippen molar-refractivity contribution in [3.8, 4) is 0 Å². The first-order valence-corrected chi connectivity index (χ1v) is 6.22. The minimum atomic E-state index is -2.50. The number of likely N-dealkylation sites (N-methyl/N-ethyl adjacent to an activating group) is 1. The Morgan fingerprint density at radius 3 is 2.69 bits per heavy atom. The Hall–Kier alpha value is -0.220. The maximum Gasteiger partial charge on any atom is 0.261 e. The van der Waals surface area contributed by atoms with Crippen LogP contribution in [0.4, 0.5) is 8.78 Å². The van der Waals surface area contributed by atoms with E-state index < -0.39 is 5.92 Å². The van der Waals surface area contributed by atoms with E-state index in [9.17, 15) is 8.78 Å². The Labute approximate surface area is 97.4 Å². The van der Waals surface area contributed by atoms with Gasteiger partial charge in [-0.2, -0.15) is 0 Å². The van der Waals surface area contributed by atoms with Crippen molar-refractivity contribution in [2.45, 2.75) is 45.1 Å². The van der Waals surface area contributed by atoms with E-state index in [-0.39, 0.29) is 19.0 Å². The standard InChI is InChI=1S/C12H24F2N2/c1-4-10(2)5-6-16(3)8-11-7-12(13,14)9-15-11/h10-11,15H,4-9H2,1-3H3. The number of hydrogen-bond donors (Lipinski definition) is 1. The van der Waals surface area contributed by atoms with E-state index in [1.165, 1.54) is 6.42 Å². The van der Waals surface area contributed by atoms with Gasteiger partial charge in [-0.3, -0.25) is 0 Å². The number of nitrogens with one attached hydrogen (secondary N) is 1. The van der Waals surface area contributed by atoms with Crippen LogP contribution in [0.25, 0.3) is 0 Å². The molecule has 0 radical (unpaired) electrons. The van der Waals surface area contributed by atoms with Crippen LogP contribution >= 0.6 is 0 Å². The normalized spacial score (nSPS) is 26.2. The highest BCUT2D eigenvalue weighted by molar-refractivity contribution is 4.88. The van der Waals surface area contributed by atoms with Gasteiger partial charge in [0.15, 0.2) is 0 Å². The minimum Gasteiger partial charge on any atom is -0.307 e. The molecule has 4 heteroatoms. The monoisotopic (exact) mass is 234 g/mol. The lowest BCUT2D eigenvalue weighted by Crippen LogP contribution is -2.36. The topological polar surface area (TPSA) is 15.3 Å². The molecular weight excluding hydrogens is 210 g/mol. The van der Waals surface area contributed by atoms with Gasteiger partial charge in [-0.25, -0.2) is 8.78 Å². The number of hydrogen-bond acceptors (Lipinski definition) is 2. The molecule has 16 heavy (non-hydrogen) atoms. The molecular formula is C12H24F2N2. The van der Waals surface area contributed by atoms with Gasteiger partial charge in [-0.1, -0.05) is 20.3 Å². The summed E-state index contributed by atoms with van der Waals surface area (Å²) >= 11 is 0. The van der Waals surface area contributed by atoms with Crippen molar-refractivity contribution < 1.29 is 8.78 Å². The highest BCUT2D eigenvalue weighted by Gasteiger charge is 2.39. The van der Waals surface area contributed by atoms with Crippen LogP contribution in [0.3, 0.4) is 0 Å². The molecule has 0 bridgehead atoms. The summed E-state index contributed by atoms with van der Waals surface area (Å²) in [6.45, 7) is 5.99. The molecule has 0 aromatic heterocycles. The van der Waals surface area contributed by atoms with Crippen molar-refractivity contribution in [3.05, 3.63) is 0 Å². The van der Waals surface area contributed by atoms with E-state index >= 15 is 0 Å². The number of nitrogens with zero attached hydrogens (tertiary/aromatic N) is 1. The van der Waals surface area contributed by atoms with Crippen LogP contribution in [-0.2, 0) is 0 Å². The van der Waals surface area contributed by atoms with Gasteiger partial charge in [0, 0.05) is 19.0 Å². The zero-order chi connectivity index (χ0) is 12.2. The minimum absolute atomic E-state index is 0.0132. The summed E-state index contributed by atoms with van der Waals surface area (Å²) in [6, 6.07) is -0.0445. The number of alkyl halides is 2. The SMILES string of the molecule is CCC(C)CCN(C)CC1CC(F)(F)CN1. The van der Waals surface area contributed by atoms with Gasteiger partial charge in [0.25, 0.3) is 5.92 Å². The van der Waals surface area contributed by atoms with E-state index in [1.807, 2.05) is 7.05 Å². The molecule has 0 saturated carbocycles. The van der Waals surface area contributed by atoms with Crippen molar-refractivity contribution in [1.29, 1.82) is 0 Å². The Kier molecular flexibility index (Phi) is 5.12. The molecule has 2 atom stereocenters. The smallest absolute Gasteiger partial charge is 0.261 e. The van der Waals surface area contributed by atoms with Crippen LogP contribution in [-0.4, -0.2) is 43.5 Å². The first-order chi connectivity index (χ1) is 7.43. The quantitative estimate of drug-likeness (QED) is 0.759. The molecule has 1 fully saturated rings. The fourth-order valence-corrected chi connectivity index (χ4v) is 2.04. The molecule has 0 aliphatic carbocycles. The van der Waals surface area contributed by atoms with Gasteiger partial charge in [0.1, 0.15) is 0 Å². The third kappa shape index (κ3) is 4.74. The number of halogens is 2. The average molecular weight is 234 g/mol. The molecule has 2 unspecified atom stereocenters. The summed E-state index contributed by atoms with van der Waals surface area (Å²) in [7, 11) is 2.01. The third-order valence-electron chi connectivity index (χ3n) is 3.43. The largest absolute Gasteiger partial charge is 0.307 e. The summed E-state index contributed by atoms with van der Waals surface area (Å²) in [6.07, 6.45) is 2.32. The molecule has 0 amide bonds. The zero-order valence-corrected chi connectivity index (χ0v) is 10.6. The molecule has 96 valence electrons. The first kappa shape index (κ1) is 13.8. The predicted molar refractivity (Wildman–Crippen MR) is 62.9 cm³/mol. The van der Waals surface area contributed by atoms with E-state index in [0.717, 1.165) is 25.4 Å². The fourth-order valence-electron chi connectivity index (χ4n) is 2.04. The van der Waals surface area contributed by atoms with Crippen molar-refractivity contribution >= 4 is 0 Å². The molecule has 1 aliphatic heterocycles. The van der Waals surface area contributed by atoms with Gasteiger partial charge in [0.05, 0.1) is 6.54 Å². The lowest BCUT2D eigenvalue weighted by atomic mass is 10.1. The zero-order valence-electron chi connectivity index (χ0n) is 10.6. The van der Waals surface area contributed by atoms with Crippen molar-refractivity contribution in [1.82, 2.24) is 10.2 Å². The molecule has 1 heterocycles. The van der Waals surface area contributed by atoms with Crippen LogP contribution in [0.5, 0.6) is 0 Å². The number of rotatable bonds is 6. The summed E-state index contributed by atoms with van der Waals surface area (Å²) in [5.41, 5.74) is 0. The van der Waals surface area contributed by atoms with E-state index in [4.69, 9.17) is 0 Å². The summed E-state index contributed by atoms with van der Waals surface area (Å²) in [4.78, 5) is 2.16. The van der Waals surface area contributed by atoms with Crippen LogP contribution in [0.2, 0.25) is 0 Å². The summed E-state index contributed by atoms with van der Waals surface area (Å²) < 4.78 is 25.9. The van der Waals surface area contributed by atoms with E-state index in [0.29, 0.717) is 0 Å². The second kappa shape index (κ2) is 5.92. The van der Waals surface area contributed by atoms with E-state index in [2.05, 4.69) is 24.1 Å². The highest BCUT2D eigenvalue weighted by atomic mass is 19.3. The van der Waals surface area contributed by atoms with Gasteiger partial charge < -0.3 is 10.2 Å². The molecule has 1 saturated heterocycles. The van der Waals surface area contributed by atoms with Crippen LogP contribution in [0.15, 0.2) is 0 Å². The molecule has 1 aliphatic rings. The third-order valence-corrected chi connectivity index (χ3v) is 3.43. The molecule has 0 aromatic rings. The molecule has 0 spiro atoms. The van der Waals surface area contributed by atoms with Crippen LogP contribution in [0.1, 0.15) is 33.1 Å². The molecule has 1 N–H and O–H groups in total. The van der Waals surface area contributed by atoms with Crippen molar-refractivity contribution in [3.63, 3.8) is 0 Å². The van der Waals surface area contributed by atoms with Crippen molar-refractivity contribution in [2.75, 3.05) is 26.7 Å². The maximum atomic E-state index is 12.9. The average Bonchev–Trinajstić information content (AvgIpc) is 2.54. The van der Waals surface area contributed by atoms with Gasteiger partial charge >= 0.3 is 0 Å². The Morgan fingerprint density at radius 1 is 1.50 bits per heavy atom. The Bertz CT molecular complexity index is 209. The lowest BCUT2D eigenvalue weighted by Gasteiger charge is -2.22. The Morgan fingerprint density at radius 2 is 2.19 bits per heavy atom. The molecule has 2 nitrogen and oxygen atoms in total. The summed E-state index contributed by atoms with van der Waals surface area (Å²) in [5, 5.41) is 2.89. The van der Waals surface area contributed by atoms with Crippen LogP contribution in [0, 0.1) is 5.92 Å². The van der Waals surface area contributed by atoms with Crippen molar-refractivity contribution in [2.24, 2.45) is 5.92 Å². The van der Waals surface area contributed by atoms with Crippen LogP contribution < -0.4 is 5.32 Å². The van der Waals surface area contributed by atoms with Gasteiger partial charge in [-0.05, 0) is 25.9 Å². The summed E-state index contributed by atoms with van der Waals surface area (Å²) in [5.74, 6) is -1.78. The molecule has 0 aromatic carbocycles. The van der Waals surface area contributed by atoms with E-state index in [1.54, 1.807) is 0 Å². The maximum absolute atomic E-state index is 12.9. The first-order valence-electron chi connectivity index (χ1n) is 6.22. The highest BCUT2D eigenvalue weighted by Crippen LogP contribution is 2.25. The van der Waals surface area contributed by atoms with Gasteiger partial charge in [0.2, 0.25) is 0 Å². The molecule has 1 rings (SSSR count). The second-order valence-electron chi connectivity index (χ2n) is 5.20. The Balaban J connectivity index is 2.17. The predicted octanol–water partition coefficient (Wildman–Crippen LogP) is 2.35. The lowest BCUT2D eigenvalue weighted by molar-refractivity contribution is 0.0202. The fraction of sp³-hybridized carbons (Fsp3) is 1.00. The second-order valence-corrected chi connectivity index (χ2v) is 5.20.